The Kier molecular flexibility index (Phi) is 4.44. The number of aromatic amines is 1. The molecule has 2 heterocycles. The molecular formula is C18H15N5O2. The number of nitrogens with one attached hydrogen (secondary N) is 1. The lowest BCUT2D eigenvalue weighted by Crippen LogP contribution is -2.22. The van der Waals surface area contributed by atoms with Crippen molar-refractivity contribution in [3.63, 3.8) is 0 Å². The van der Waals surface area contributed by atoms with Crippen LogP contribution in [0.3, 0.4) is 0 Å². The number of likely N-dealkylation sites (N-methyl/N-ethyl adjacent to an activating group) is 1. The van der Waals surface area contributed by atoms with E-state index in [2.05, 4.69) is 15.0 Å². The SMILES string of the molecule is CN(C)C(=O)/C(C#N)=C/c1ccc(Oc2cnc3[nH]ccc3n2)cc1. The molecule has 1 N–H and O–H groups in total. The maximum Gasteiger partial charge on any atom is 0.264 e. The number of H-pyrrole nitrogens is 1. The first-order chi connectivity index (χ1) is 12.1. The molecule has 124 valence electrons. The molecule has 0 aliphatic heterocycles. The number of benzene rings is 1. The Morgan fingerprint density at radius 2 is 2.04 bits per heavy atom. The van der Waals surface area contributed by atoms with Gasteiger partial charge in [0.05, 0.1) is 6.20 Å². The Morgan fingerprint density at radius 1 is 1.28 bits per heavy atom. The molecule has 0 bridgehead atoms. The molecule has 7 heteroatoms. The van der Waals surface area contributed by atoms with E-state index >= 15 is 0 Å². The summed E-state index contributed by atoms with van der Waals surface area (Å²) in [6, 6.07) is 10.7. The van der Waals surface area contributed by atoms with Gasteiger partial charge in [-0.05, 0) is 29.8 Å². The molecule has 0 aliphatic rings. The molecule has 1 amide bonds. The third-order valence-corrected chi connectivity index (χ3v) is 3.41. The van der Waals surface area contributed by atoms with Crippen molar-refractivity contribution < 1.29 is 9.53 Å². The van der Waals surface area contributed by atoms with E-state index in [0.717, 1.165) is 11.1 Å². The molecule has 2 aromatic heterocycles. The Bertz CT molecular complexity index is 981. The molecule has 0 fully saturated rings. The van der Waals surface area contributed by atoms with Crippen LogP contribution < -0.4 is 4.74 Å². The zero-order valence-electron chi connectivity index (χ0n) is 13.7. The van der Waals surface area contributed by atoms with E-state index in [1.807, 2.05) is 12.1 Å². The van der Waals surface area contributed by atoms with Crippen LogP contribution in [0.2, 0.25) is 0 Å². The van der Waals surface area contributed by atoms with E-state index in [-0.39, 0.29) is 11.5 Å². The lowest BCUT2D eigenvalue weighted by molar-refractivity contribution is -0.124. The van der Waals surface area contributed by atoms with Gasteiger partial charge in [0.1, 0.15) is 22.9 Å². The molecular weight excluding hydrogens is 318 g/mol. The van der Waals surface area contributed by atoms with E-state index in [1.54, 1.807) is 44.6 Å². The average molecular weight is 333 g/mol. The second-order valence-corrected chi connectivity index (χ2v) is 5.46. The summed E-state index contributed by atoms with van der Waals surface area (Å²) >= 11 is 0. The third kappa shape index (κ3) is 3.64. The second kappa shape index (κ2) is 6.84. The Balaban J connectivity index is 1.77. The van der Waals surface area contributed by atoms with Gasteiger partial charge in [-0.1, -0.05) is 12.1 Å². The molecule has 0 saturated carbocycles. The van der Waals surface area contributed by atoms with Gasteiger partial charge in [-0.15, -0.1) is 0 Å². The first-order valence-corrected chi connectivity index (χ1v) is 7.48. The van der Waals surface area contributed by atoms with Crippen LogP contribution >= 0.6 is 0 Å². The van der Waals surface area contributed by atoms with E-state index < -0.39 is 0 Å². The summed E-state index contributed by atoms with van der Waals surface area (Å²) in [7, 11) is 3.21. The van der Waals surface area contributed by atoms with Crippen LogP contribution in [0, 0.1) is 11.3 Å². The zero-order chi connectivity index (χ0) is 17.8. The summed E-state index contributed by atoms with van der Waals surface area (Å²) in [5, 5.41) is 9.12. The summed E-state index contributed by atoms with van der Waals surface area (Å²) in [5.41, 5.74) is 2.22. The van der Waals surface area contributed by atoms with Crippen LogP contribution in [0.4, 0.5) is 0 Å². The van der Waals surface area contributed by atoms with E-state index in [9.17, 15) is 4.79 Å². The number of carbonyl (C=O) groups is 1. The van der Waals surface area contributed by atoms with Gasteiger partial charge < -0.3 is 14.6 Å². The summed E-state index contributed by atoms with van der Waals surface area (Å²) in [4.78, 5) is 24.7. The largest absolute Gasteiger partial charge is 0.437 e. The number of fused-ring (bicyclic) bond motifs is 1. The van der Waals surface area contributed by atoms with E-state index in [0.29, 0.717) is 17.3 Å². The number of rotatable bonds is 4. The van der Waals surface area contributed by atoms with Crippen molar-refractivity contribution in [2.24, 2.45) is 0 Å². The fourth-order valence-corrected chi connectivity index (χ4v) is 2.16. The van der Waals surface area contributed by atoms with Gasteiger partial charge >= 0.3 is 0 Å². The quantitative estimate of drug-likeness (QED) is 0.585. The predicted octanol–water partition coefficient (Wildman–Crippen LogP) is 2.75. The summed E-state index contributed by atoms with van der Waals surface area (Å²) in [5.74, 6) is 0.632. The van der Waals surface area contributed by atoms with Crippen LogP contribution in [0.1, 0.15) is 5.56 Å². The molecule has 1 aromatic carbocycles. The number of nitrogens with zero attached hydrogens (tertiary/aromatic N) is 4. The highest BCUT2D eigenvalue weighted by Crippen LogP contribution is 2.21. The first kappa shape index (κ1) is 16.2. The van der Waals surface area contributed by atoms with Crippen molar-refractivity contribution in [1.82, 2.24) is 19.9 Å². The van der Waals surface area contributed by atoms with Gasteiger partial charge in [-0.25, -0.2) is 9.97 Å². The normalized spacial score (nSPS) is 11.2. The average Bonchev–Trinajstić information content (AvgIpc) is 3.08. The highest BCUT2D eigenvalue weighted by Gasteiger charge is 2.11. The number of ether oxygens (including phenoxy) is 1. The van der Waals surface area contributed by atoms with E-state index in [4.69, 9.17) is 10.00 Å². The molecule has 0 atom stereocenters. The maximum absolute atomic E-state index is 11.9. The van der Waals surface area contributed by atoms with Gasteiger partial charge in [0.25, 0.3) is 5.91 Å². The smallest absolute Gasteiger partial charge is 0.264 e. The number of nitriles is 1. The van der Waals surface area contributed by atoms with E-state index in [1.165, 1.54) is 17.2 Å². The van der Waals surface area contributed by atoms with Gasteiger partial charge in [0.2, 0.25) is 5.88 Å². The van der Waals surface area contributed by atoms with Gasteiger partial charge in [0, 0.05) is 20.3 Å². The molecule has 25 heavy (non-hydrogen) atoms. The van der Waals surface area contributed by atoms with Crippen molar-refractivity contribution in [1.29, 1.82) is 5.26 Å². The summed E-state index contributed by atoms with van der Waals surface area (Å²) in [6.45, 7) is 0. The molecule has 0 aliphatic carbocycles. The lowest BCUT2D eigenvalue weighted by Gasteiger charge is -2.08. The first-order valence-electron chi connectivity index (χ1n) is 7.48. The second-order valence-electron chi connectivity index (χ2n) is 5.46. The fourth-order valence-electron chi connectivity index (χ4n) is 2.16. The molecule has 0 radical (unpaired) electrons. The molecule has 3 aromatic rings. The molecule has 0 saturated heterocycles. The van der Waals surface area contributed by atoms with Crippen molar-refractivity contribution >= 4 is 23.1 Å². The minimum absolute atomic E-state index is 0.0717. The maximum atomic E-state index is 11.9. The number of amides is 1. The van der Waals surface area contributed by atoms with Crippen molar-refractivity contribution in [2.75, 3.05) is 14.1 Å². The van der Waals surface area contributed by atoms with Crippen molar-refractivity contribution in [2.45, 2.75) is 0 Å². The van der Waals surface area contributed by atoms with Crippen LogP contribution in [0.25, 0.3) is 17.2 Å². The molecule has 0 spiro atoms. The molecule has 7 nitrogen and oxygen atoms in total. The number of hydrogen-bond donors (Lipinski definition) is 1. The van der Waals surface area contributed by atoms with Crippen molar-refractivity contribution in [3.05, 3.63) is 53.9 Å². The van der Waals surface area contributed by atoms with Crippen LogP contribution in [0.5, 0.6) is 11.6 Å². The van der Waals surface area contributed by atoms with Crippen LogP contribution in [0.15, 0.2) is 48.3 Å². The summed E-state index contributed by atoms with van der Waals surface area (Å²) < 4.78 is 5.68. The van der Waals surface area contributed by atoms with Gasteiger partial charge in [-0.3, -0.25) is 4.79 Å². The zero-order valence-corrected chi connectivity index (χ0v) is 13.7. The number of aromatic nitrogens is 3. The van der Waals surface area contributed by atoms with Crippen LogP contribution in [-0.2, 0) is 4.79 Å². The standard InChI is InChI=1S/C18H15N5O2/c1-23(2)18(24)13(10-19)9-12-3-5-14(6-4-12)25-16-11-21-17-15(22-16)7-8-20-17/h3-9,11H,1-2H3,(H,20,21)/b13-9+. The third-order valence-electron chi connectivity index (χ3n) is 3.41. The van der Waals surface area contributed by atoms with Crippen LogP contribution in [-0.4, -0.2) is 39.9 Å². The predicted molar refractivity (Wildman–Crippen MR) is 92.7 cm³/mol. The molecule has 0 unspecified atom stereocenters. The topological polar surface area (TPSA) is 94.9 Å². The highest BCUT2D eigenvalue weighted by molar-refractivity contribution is 6.01. The fraction of sp³-hybridized carbons (Fsp3) is 0.111. The monoisotopic (exact) mass is 333 g/mol. The summed E-state index contributed by atoms with van der Waals surface area (Å²) in [6.07, 6.45) is 4.84. The highest BCUT2D eigenvalue weighted by atomic mass is 16.5. The molecule has 3 rings (SSSR count). The lowest BCUT2D eigenvalue weighted by atomic mass is 10.1. The number of carbonyl (C=O) groups excluding carboxylic acids is 1. The van der Waals surface area contributed by atoms with Crippen molar-refractivity contribution in [3.8, 4) is 17.7 Å². The Hall–Kier alpha value is -3.66. The Labute approximate surface area is 144 Å². The minimum atomic E-state index is -0.335. The van der Waals surface area contributed by atoms with Gasteiger partial charge in [-0.2, -0.15) is 5.26 Å². The number of hydrogen-bond acceptors (Lipinski definition) is 5. The van der Waals surface area contributed by atoms with Gasteiger partial charge in [0.15, 0.2) is 5.65 Å². The minimum Gasteiger partial charge on any atom is -0.437 e. The Morgan fingerprint density at radius 3 is 2.72 bits per heavy atom.